The minimum atomic E-state index is -4.96. The van der Waals surface area contributed by atoms with E-state index in [1.807, 2.05) is 0 Å². The van der Waals surface area contributed by atoms with E-state index in [9.17, 15) is 43.2 Å². The van der Waals surface area contributed by atoms with E-state index in [0.717, 1.165) is 102 Å². The number of phosphoric ester groups is 2. The van der Waals surface area contributed by atoms with Gasteiger partial charge in [0, 0.05) is 25.7 Å². The van der Waals surface area contributed by atoms with Crippen molar-refractivity contribution in [3.8, 4) is 0 Å². The van der Waals surface area contributed by atoms with Crippen LogP contribution in [0.1, 0.15) is 382 Å². The van der Waals surface area contributed by atoms with Crippen LogP contribution >= 0.6 is 15.6 Å². The summed E-state index contributed by atoms with van der Waals surface area (Å²) in [5.41, 5.74) is 0. The predicted molar refractivity (Wildman–Crippen MR) is 377 cm³/mol. The van der Waals surface area contributed by atoms with Crippen molar-refractivity contribution in [2.24, 2.45) is 11.8 Å². The molecule has 0 aliphatic carbocycles. The fourth-order valence-electron chi connectivity index (χ4n) is 11.3. The SMILES string of the molecule is CCCCCCCCCCCCCC(=O)O[C@H](COC(=O)CCCCCCCCCCC)COP(=O)(O)OC[C@H](O)COP(=O)(O)OC[C@@H](COC(=O)CCCCCCCCCCCCCC(C)C)OC(=O)CCCCCCCCCCCCCCCCCCC(C)C. The zero-order valence-corrected chi connectivity index (χ0v) is 62.3. The first-order chi connectivity index (χ1) is 44.9. The zero-order chi connectivity index (χ0) is 68.6. The van der Waals surface area contributed by atoms with Crippen molar-refractivity contribution in [3.05, 3.63) is 0 Å². The van der Waals surface area contributed by atoms with Gasteiger partial charge in [-0.1, -0.05) is 330 Å². The van der Waals surface area contributed by atoms with E-state index in [1.165, 1.54) is 199 Å². The molecule has 0 aromatic carbocycles. The van der Waals surface area contributed by atoms with Crippen molar-refractivity contribution in [2.75, 3.05) is 39.6 Å². The molecule has 3 N–H and O–H groups in total. The van der Waals surface area contributed by atoms with Crippen molar-refractivity contribution < 1.29 is 80.2 Å². The van der Waals surface area contributed by atoms with Crippen LogP contribution in [-0.2, 0) is 65.4 Å². The number of carbonyl (C=O) groups excluding carboxylic acids is 4. The average Bonchev–Trinajstić information content (AvgIpc) is 1.63. The van der Waals surface area contributed by atoms with Crippen molar-refractivity contribution in [2.45, 2.75) is 400 Å². The number of carbonyl (C=O) groups is 4. The summed E-state index contributed by atoms with van der Waals surface area (Å²) in [7, 11) is -9.90. The van der Waals surface area contributed by atoms with Crippen LogP contribution in [0.25, 0.3) is 0 Å². The summed E-state index contributed by atoms with van der Waals surface area (Å²) in [5.74, 6) is -0.538. The average molecular weight is 1370 g/mol. The van der Waals surface area contributed by atoms with E-state index in [-0.39, 0.29) is 25.7 Å². The number of esters is 4. The number of unbranched alkanes of at least 4 members (excludes halogenated alkanes) is 43. The quantitative estimate of drug-likeness (QED) is 0.0222. The lowest BCUT2D eigenvalue weighted by Crippen LogP contribution is -2.30. The molecule has 0 radical (unpaired) electrons. The number of aliphatic hydroxyl groups is 1. The van der Waals surface area contributed by atoms with Gasteiger partial charge in [-0.25, -0.2) is 9.13 Å². The van der Waals surface area contributed by atoms with Crippen molar-refractivity contribution in [3.63, 3.8) is 0 Å². The van der Waals surface area contributed by atoms with Crippen LogP contribution in [0.15, 0.2) is 0 Å². The summed E-state index contributed by atoms with van der Waals surface area (Å²) < 4.78 is 68.4. The van der Waals surface area contributed by atoms with Gasteiger partial charge >= 0.3 is 39.5 Å². The predicted octanol–water partition coefficient (Wildman–Crippen LogP) is 21.6. The number of hydrogen-bond acceptors (Lipinski definition) is 15. The second kappa shape index (κ2) is 66.0. The number of hydrogen-bond donors (Lipinski definition) is 3. The lowest BCUT2D eigenvalue weighted by Gasteiger charge is -2.21. The summed E-state index contributed by atoms with van der Waals surface area (Å²) in [4.78, 5) is 72.6. The first-order valence-corrected chi connectivity index (χ1v) is 41.5. The molecule has 0 aliphatic heterocycles. The van der Waals surface area contributed by atoms with Gasteiger partial charge in [-0.15, -0.1) is 0 Å². The van der Waals surface area contributed by atoms with E-state index in [4.69, 9.17) is 37.0 Å². The lowest BCUT2D eigenvalue weighted by molar-refractivity contribution is -0.161. The van der Waals surface area contributed by atoms with Crippen molar-refractivity contribution in [1.82, 2.24) is 0 Å². The Bertz CT molecular complexity index is 1800. The summed E-state index contributed by atoms with van der Waals surface area (Å²) >= 11 is 0. The van der Waals surface area contributed by atoms with Crippen LogP contribution in [0.5, 0.6) is 0 Å². The third-order valence-corrected chi connectivity index (χ3v) is 19.1. The smallest absolute Gasteiger partial charge is 0.462 e. The molecular formula is C74H144O17P2. The lowest BCUT2D eigenvalue weighted by atomic mass is 10.0. The summed E-state index contributed by atoms with van der Waals surface area (Å²) in [6.07, 6.45) is 52.7. The molecule has 0 fully saturated rings. The highest BCUT2D eigenvalue weighted by Gasteiger charge is 2.30. The molecule has 0 aromatic rings. The molecule has 0 heterocycles. The molecule has 0 amide bonds. The Labute approximate surface area is 568 Å². The fourth-order valence-corrected chi connectivity index (χ4v) is 12.9. The Balaban J connectivity index is 5.21. The highest BCUT2D eigenvalue weighted by molar-refractivity contribution is 7.47. The van der Waals surface area contributed by atoms with Gasteiger partial charge in [0.15, 0.2) is 12.2 Å². The van der Waals surface area contributed by atoms with Crippen LogP contribution in [0.3, 0.4) is 0 Å². The maximum Gasteiger partial charge on any atom is 0.472 e. The highest BCUT2D eigenvalue weighted by atomic mass is 31.2. The summed E-state index contributed by atoms with van der Waals surface area (Å²) in [6, 6.07) is 0. The van der Waals surface area contributed by atoms with E-state index in [0.29, 0.717) is 25.7 Å². The Hall–Kier alpha value is -1.94. The summed E-state index contributed by atoms with van der Waals surface area (Å²) in [6.45, 7) is 9.60. The van der Waals surface area contributed by atoms with Crippen LogP contribution in [0, 0.1) is 11.8 Å². The van der Waals surface area contributed by atoms with E-state index >= 15 is 0 Å². The number of phosphoric acid groups is 2. The third-order valence-electron chi connectivity index (χ3n) is 17.2. The zero-order valence-electron chi connectivity index (χ0n) is 60.6. The molecule has 0 spiro atoms. The van der Waals surface area contributed by atoms with E-state index in [2.05, 4.69) is 41.5 Å². The van der Waals surface area contributed by atoms with Gasteiger partial charge in [0.2, 0.25) is 0 Å². The molecule has 19 heteroatoms. The summed E-state index contributed by atoms with van der Waals surface area (Å²) in [5, 5.41) is 10.6. The largest absolute Gasteiger partial charge is 0.472 e. The first-order valence-electron chi connectivity index (χ1n) is 38.5. The van der Waals surface area contributed by atoms with Gasteiger partial charge in [-0.3, -0.25) is 37.3 Å². The molecule has 0 rings (SSSR count). The maximum atomic E-state index is 13.1. The molecule has 5 atom stereocenters. The van der Waals surface area contributed by atoms with E-state index in [1.54, 1.807) is 0 Å². The van der Waals surface area contributed by atoms with Crippen molar-refractivity contribution >= 4 is 39.5 Å². The molecule has 0 aliphatic rings. The van der Waals surface area contributed by atoms with Gasteiger partial charge in [-0.05, 0) is 37.5 Å². The van der Waals surface area contributed by atoms with Crippen LogP contribution < -0.4 is 0 Å². The molecule has 93 heavy (non-hydrogen) atoms. The minimum absolute atomic E-state index is 0.107. The van der Waals surface area contributed by atoms with Gasteiger partial charge in [-0.2, -0.15) is 0 Å². The molecule has 17 nitrogen and oxygen atoms in total. The molecular weight excluding hydrogens is 1220 g/mol. The van der Waals surface area contributed by atoms with Crippen LogP contribution in [-0.4, -0.2) is 96.7 Å². The van der Waals surface area contributed by atoms with Gasteiger partial charge < -0.3 is 33.8 Å². The molecule has 2 unspecified atom stereocenters. The Morgan fingerprint density at radius 2 is 0.495 bits per heavy atom. The third kappa shape index (κ3) is 68.4. The maximum absolute atomic E-state index is 13.1. The topological polar surface area (TPSA) is 237 Å². The molecule has 0 aromatic heterocycles. The second-order valence-corrected chi connectivity index (χ2v) is 30.5. The number of aliphatic hydroxyl groups excluding tert-OH is 1. The molecule has 0 saturated carbocycles. The van der Waals surface area contributed by atoms with Crippen molar-refractivity contribution in [1.29, 1.82) is 0 Å². The normalized spacial score (nSPS) is 14.1. The fraction of sp³-hybridized carbons (Fsp3) is 0.946. The molecule has 552 valence electrons. The second-order valence-electron chi connectivity index (χ2n) is 27.6. The molecule has 0 saturated heterocycles. The molecule has 0 bridgehead atoms. The van der Waals surface area contributed by atoms with Crippen LogP contribution in [0.2, 0.25) is 0 Å². The minimum Gasteiger partial charge on any atom is -0.462 e. The number of rotatable bonds is 73. The van der Waals surface area contributed by atoms with Crippen LogP contribution in [0.4, 0.5) is 0 Å². The Morgan fingerprint density at radius 1 is 0.290 bits per heavy atom. The monoisotopic (exact) mass is 1370 g/mol. The highest BCUT2D eigenvalue weighted by Crippen LogP contribution is 2.45. The van der Waals surface area contributed by atoms with Gasteiger partial charge in [0.05, 0.1) is 26.4 Å². The number of ether oxygens (including phenoxy) is 4. The Kier molecular flexibility index (Phi) is 64.6. The standard InChI is InChI=1S/C74H144O17P2/c1-7-9-11-13-15-17-25-34-40-46-52-58-73(78)90-69(62-84-71(76)56-50-44-38-30-16-14-12-10-8-2)64-88-92(80,81)86-60-68(75)61-87-93(82,83)89-65-70(63-85-72(77)57-51-45-39-33-29-24-27-32-37-43-49-55-67(5)6)91-74(79)59-53-47-41-35-28-23-21-19-18-20-22-26-31-36-42-48-54-66(3)4/h66-70,75H,7-65H2,1-6H3,(H,80,81)(H,82,83)/t68-,69+,70+/m0/s1. The van der Waals surface area contributed by atoms with Gasteiger partial charge in [0.1, 0.15) is 19.3 Å². The van der Waals surface area contributed by atoms with Gasteiger partial charge in [0.25, 0.3) is 0 Å². The first kappa shape index (κ1) is 91.1. The van der Waals surface area contributed by atoms with E-state index < -0.39 is 97.5 Å². The Morgan fingerprint density at radius 3 is 0.731 bits per heavy atom.